The second-order valence-corrected chi connectivity index (χ2v) is 13.1. The Hall–Kier alpha value is -3.99. The minimum atomic E-state index is -3.99. The predicted molar refractivity (Wildman–Crippen MR) is 169 cm³/mol. The minimum absolute atomic E-state index is 0.0148. The lowest BCUT2D eigenvalue weighted by atomic mass is 10.00. The molecule has 1 heterocycles. The maximum atomic E-state index is 13.7. The molecular formula is C33H40N4O5S. The van der Waals surface area contributed by atoms with E-state index in [1.165, 1.54) is 35.5 Å². The number of H-pyrrole nitrogens is 1. The van der Waals surface area contributed by atoms with E-state index >= 15 is 0 Å². The summed E-state index contributed by atoms with van der Waals surface area (Å²) in [5.74, 6) is -0.496. The molecule has 0 saturated carbocycles. The van der Waals surface area contributed by atoms with Crippen LogP contribution < -0.4 is 10.6 Å². The van der Waals surface area contributed by atoms with Crippen molar-refractivity contribution in [3.05, 3.63) is 96.2 Å². The fraction of sp³-hybridized carbons (Fsp3) is 0.333. The number of nitrogens with one attached hydrogen (secondary N) is 3. The van der Waals surface area contributed by atoms with Gasteiger partial charge in [0, 0.05) is 49.2 Å². The zero-order chi connectivity index (χ0) is 31.0. The van der Waals surface area contributed by atoms with Gasteiger partial charge in [0.05, 0.1) is 17.0 Å². The molecule has 0 fully saturated rings. The van der Waals surface area contributed by atoms with Gasteiger partial charge in [0.2, 0.25) is 21.8 Å². The second kappa shape index (κ2) is 14.5. The van der Waals surface area contributed by atoms with E-state index in [0.29, 0.717) is 18.5 Å². The van der Waals surface area contributed by atoms with E-state index in [4.69, 9.17) is 0 Å². The molecule has 43 heavy (non-hydrogen) atoms. The van der Waals surface area contributed by atoms with E-state index in [0.717, 1.165) is 22.0 Å². The number of nitrogens with zero attached hydrogens (tertiary/aromatic N) is 1. The van der Waals surface area contributed by atoms with Crippen LogP contribution >= 0.6 is 0 Å². The summed E-state index contributed by atoms with van der Waals surface area (Å²) in [5.41, 5.74) is 3.44. The van der Waals surface area contributed by atoms with Gasteiger partial charge in [0.1, 0.15) is 0 Å². The van der Waals surface area contributed by atoms with Gasteiger partial charge in [-0.2, -0.15) is 4.31 Å². The highest BCUT2D eigenvalue weighted by atomic mass is 32.2. The Kier molecular flexibility index (Phi) is 10.7. The van der Waals surface area contributed by atoms with Gasteiger partial charge in [-0.3, -0.25) is 9.59 Å². The molecule has 4 aromatic rings. The zero-order valence-electron chi connectivity index (χ0n) is 24.8. The number of hydrogen-bond donors (Lipinski definition) is 4. The molecule has 4 N–H and O–H groups in total. The SMILES string of the molecule is CC(=O)Nc1ccc(S(=O)(=O)N(CC(C)C)C[C@@H](O)[C@H](Cc2ccccc2)NC(=O)CCc2c[nH]c3ccccc23)cc1. The molecule has 3 aromatic carbocycles. The third-order valence-electron chi connectivity index (χ3n) is 7.18. The highest BCUT2D eigenvalue weighted by Crippen LogP contribution is 2.22. The topological polar surface area (TPSA) is 132 Å². The van der Waals surface area contributed by atoms with Crippen LogP contribution in [0.2, 0.25) is 0 Å². The smallest absolute Gasteiger partial charge is 0.243 e. The van der Waals surface area contributed by atoms with Crippen LogP contribution in [0.4, 0.5) is 5.69 Å². The first-order valence-corrected chi connectivity index (χ1v) is 15.9. The number of anilines is 1. The molecule has 2 amide bonds. The first kappa shape index (κ1) is 31.9. The average Bonchev–Trinajstić information content (AvgIpc) is 3.39. The van der Waals surface area contributed by atoms with Crippen LogP contribution in [0, 0.1) is 5.92 Å². The number of aliphatic hydroxyl groups is 1. The van der Waals surface area contributed by atoms with Crippen LogP contribution in [-0.2, 0) is 32.5 Å². The summed E-state index contributed by atoms with van der Waals surface area (Å²) in [6.07, 6.45) is 1.80. The molecular weight excluding hydrogens is 564 g/mol. The standard InChI is InChI=1S/C33H40N4O5S/c1-23(2)21-37(43(41,42)28-16-14-27(15-17-28)35-24(3)38)22-32(39)31(19-25-9-5-4-6-10-25)36-33(40)18-13-26-20-34-30-12-8-7-11-29(26)30/h4-12,14-17,20,23,31-32,34,39H,13,18-19,21-22H2,1-3H3,(H,35,38)(H,36,40)/t31-,32+/m0/s1. The van der Waals surface area contributed by atoms with Crippen LogP contribution in [0.5, 0.6) is 0 Å². The maximum Gasteiger partial charge on any atom is 0.243 e. The molecule has 10 heteroatoms. The van der Waals surface area contributed by atoms with Crippen LogP contribution in [-0.4, -0.2) is 59.9 Å². The highest BCUT2D eigenvalue weighted by Gasteiger charge is 2.31. The largest absolute Gasteiger partial charge is 0.390 e. The Morgan fingerprint density at radius 3 is 2.28 bits per heavy atom. The molecule has 9 nitrogen and oxygen atoms in total. The zero-order valence-corrected chi connectivity index (χ0v) is 25.6. The molecule has 0 bridgehead atoms. The molecule has 0 aliphatic carbocycles. The summed E-state index contributed by atoms with van der Waals surface area (Å²) >= 11 is 0. The summed E-state index contributed by atoms with van der Waals surface area (Å²) in [7, 11) is -3.99. The third kappa shape index (κ3) is 8.76. The molecule has 1 aromatic heterocycles. The van der Waals surface area contributed by atoms with Crippen LogP contribution in [0.3, 0.4) is 0 Å². The first-order valence-electron chi connectivity index (χ1n) is 14.5. The van der Waals surface area contributed by atoms with Gasteiger partial charge < -0.3 is 20.7 Å². The average molecular weight is 605 g/mol. The number of carbonyl (C=O) groups is 2. The van der Waals surface area contributed by atoms with E-state index in [-0.39, 0.29) is 42.1 Å². The van der Waals surface area contributed by atoms with Gasteiger partial charge in [-0.25, -0.2) is 8.42 Å². The van der Waals surface area contributed by atoms with Crippen molar-refractivity contribution in [2.45, 2.75) is 57.1 Å². The van der Waals surface area contributed by atoms with Gasteiger partial charge >= 0.3 is 0 Å². The second-order valence-electron chi connectivity index (χ2n) is 11.2. The number of amides is 2. The van der Waals surface area contributed by atoms with E-state index in [2.05, 4.69) is 15.6 Å². The van der Waals surface area contributed by atoms with Crippen LogP contribution in [0.25, 0.3) is 10.9 Å². The lowest BCUT2D eigenvalue weighted by molar-refractivity contribution is -0.122. The van der Waals surface area contributed by atoms with Crippen molar-refractivity contribution >= 4 is 38.4 Å². The van der Waals surface area contributed by atoms with Gasteiger partial charge in [0.15, 0.2) is 0 Å². The number of aliphatic hydroxyl groups excluding tert-OH is 1. The minimum Gasteiger partial charge on any atom is -0.390 e. The molecule has 0 spiro atoms. The van der Waals surface area contributed by atoms with Gasteiger partial charge in [0.25, 0.3) is 0 Å². The summed E-state index contributed by atoms with van der Waals surface area (Å²) in [6.45, 7) is 5.17. The van der Waals surface area contributed by atoms with Crippen molar-refractivity contribution in [2.24, 2.45) is 5.92 Å². The molecule has 0 aliphatic heterocycles. The highest BCUT2D eigenvalue weighted by molar-refractivity contribution is 7.89. The number of hydrogen-bond acceptors (Lipinski definition) is 5. The summed E-state index contributed by atoms with van der Waals surface area (Å²) < 4.78 is 28.7. The van der Waals surface area contributed by atoms with E-state index < -0.39 is 22.2 Å². The fourth-order valence-electron chi connectivity index (χ4n) is 5.09. The summed E-state index contributed by atoms with van der Waals surface area (Å²) in [6, 6.07) is 22.6. The Morgan fingerprint density at radius 2 is 1.60 bits per heavy atom. The number of benzene rings is 3. The van der Waals surface area contributed by atoms with Gasteiger partial charge in [-0.05, 0) is 60.2 Å². The number of sulfonamides is 1. The molecule has 0 unspecified atom stereocenters. The number of aryl methyl sites for hydroxylation is 1. The van der Waals surface area contributed by atoms with Crippen molar-refractivity contribution in [3.8, 4) is 0 Å². The van der Waals surface area contributed by atoms with Crippen molar-refractivity contribution in [1.82, 2.24) is 14.6 Å². The van der Waals surface area contributed by atoms with Crippen molar-refractivity contribution in [3.63, 3.8) is 0 Å². The van der Waals surface area contributed by atoms with Gasteiger partial charge in [-0.15, -0.1) is 0 Å². The maximum absolute atomic E-state index is 13.7. The molecule has 2 atom stereocenters. The lowest BCUT2D eigenvalue weighted by Crippen LogP contribution is -2.51. The van der Waals surface area contributed by atoms with E-state index in [1.807, 2.05) is 74.6 Å². The quantitative estimate of drug-likeness (QED) is 0.168. The van der Waals surface area contributed by atoms with E-state index in [1.54, 1.807) is 0 Å². The van der Waals surface area contributed by atoms with Gasteiger partial charge in [-0.1, -0.05) is 62.4 Å². The fourth-order valence-corrected chi connectivity index (χ4v) is 6.71. The van der Waals surface area contributed by atoms with Crippen molar-refractivity contribution in [1.29, 1.82) is 0 Å². The Bertz CT molecular complexity index is 1620. The number of aromatic nitrogens is 1. The summed E-state index contributed by atoms with van der Waals surface area (Å²) in [4.78, 5) is 27.8. The Morgan fingerprint density at radius 1 is 0.930 bits per heavy atom. The Balaban J connectivity index is 1.51. The Labute approximate surface area is 253 Å². The predicted octanol–water partition coefficient (Wildman–Crippen LogP) is 4.49. The van der Waals surface area contributed by atoms with Crippen LogP contribution in [0.15, 0.2) is 90.0 Å². The van der Waals surface area contributed by atoms with Crippen molar-refractivity contribution in [2.75, 3.05) is 18.4 Å². The number of rotatable bonds is 14. The molecule has 0 saturated heterocycles. The number of fused-ring (bicyclic) bond motifs is 1. The number of aromatic amines is 1. The molecule has 228 valence electrons. The molecule has 4 rings (SSSR count). The number of para-hydroxylation sites is 1. The van der Waals surface area contributed by atoms with E-state index in [9.17, 15) is 23.1 Å². The third-order valence-corrected chi connectivity index (χ3v) is 9.02. The lowest BCUT2D eigenvalue weighted by Gasteiger charge is -2.31. The van der Waals surface area contributed by atoms with Crippen molar-refractivity contribution < 1.29 is 23.1 Å². The normalized spacial score (nSPS) is 13.3. The molecule has 0 radical (unpaired) electrons. The first-order chi connectivity index (χ1) is 20.5. The summed E-state index contributed by atoms with van der Waals surface area (Å²) in [5, 5.41) is 18.2. The number of carbonyl (C=O) groups excluding carboxylic acids is 2. The van der Waals surface area contributed by atoms with Crippen LogP contribution in [0.1, 0.15) is 38.3 Å². The monoisotopic (exact) mass is 604 g/mol. The molecule has 0 aliphatic rings.